The minimum Gasteiger partial charge on any atom is -0.497 e. The van der Waals surface area contributed by atoms with E-state index >= 15 is 0 Å². The van der Waals surface area contributed by atoms with Crippen LogP contribution in [0.25, 0.3) is 11.5 Å². The molecule has 2 aromatic rings. The molecule has 0 bridgehead atoms. The summed E-state index contributed by atoms with van der Waals surface area (Å²) in [6, 6.07) is 6.34. The maximum Gasteiger partial charge on any atom is 0.292 e. The van der Waals surface area contributed by atoms with Crippen LogP contribution in [-0.2, 0) is 6.67 Å². The van der Waals surface area contributed by atoms with Gasteiger partial charge in [-0.1, -0.05) is 6.42 Å². The normalized spacial score (nSPS) is 25.0. The van der Waals surface area contributed by atoms with E-state index in [1.807, 2.05) is 22.9 Å². The molecule has 1 aliphatic heterocycles. The van der Waals surface area contributed by atoms with Crippen LogP contribution < -0.4 is 14.4 Å². The topological polar surface area (TPSA) is 53.9 Å². The van der Waals surface area contributed by atoms with Crippen molar-refractivity contribution in [2.45, 2.75) is 51.2 Å². The highest BCUT2D eigenvalue weighted by Crippen LogP contribution is 2.32. The van der Waals surface area contributed by atoms with Gasteiger partial charge in [0.2, 0.25) is 0 Å². The molecular formula is C20H28N3O3S+. The zero-order valence-electron chi connectivity index (χ0n) is 16.1. The number of aromatic nitrogens is 2. The standard InChI is InChI=1S/C20H27N3O3S/c1-24-15-9-10-16(18(12-15)25-2)19-21-23(20(27)26-19)13-22-11-5-7-14-6-3-4-8-17(14)22/h9-10,12,14,17H,3-8,11,13H2,1-2H3/p+1/t14-,17-/m0/s1. The predicted octanol–water partition coefficient (Wildman–Crippen LogP) is 3.08. The summed E-state index contributed by atoms with van der Waals surface area (Å²) >= 11 is 5.47. The third kappa shape index (κ3) is 3.75. The van der Waals surface area contributed by atoms with Crippen molar-refractivity contribution in [3.05, 3.63) is 23.0 Å². The van der Waals surface area contributed by atoms with Gasteiger partial charge in [0.15, 0.2) is 6.67 Å². The second-order valence-electron chi connectivity index (χ2n) is 7.60. The van der Waals surface area contributed by atoms with Gasteiger partial charge in [0.05, 0.1) is 32.4 Å². The van der Waals surface area contributed by atoms with Gasteiger partial charge in [-0.15, -0.1) is 5.10 Å². The van der Waals surface area contributed by atoms with E-state index in [2.05, 4.69) is 5.10 Å². The second kappa shape index (κ2) is 8.02. The summed E-state index contributed by atoms with van der Waals surface area (Å²) in [6.45, 7) is 1.97. The van der Waals surface area contributed by atoms with Gasteiger partial charge in [-0.2, -0.15) is 4.68 Å². The lowest BCUT2D eigenvalue weighted by Crippen LogP contribution is -3.17. The van der Waals surface area contributed by atoms with Crippen LogP contribution in [0.4, 0.5) is 0 Å². The molecular weight excluding hydrogens is 362 g/mol. The number of hydrogen-bond donors (Lipinski definition) is 1. The minimum absolute atomic E-state index is 0.424. The first-order valence-corrected chi connectivity index (χ1v) is 10.3. The zero-order valence-corrected chi connectivity index (χ0v) is 16.9. The highest BCUT2D eigenvalue weighted by atomic mass is 32.1. The molecule has 4 rings (SSSR count). The average Bonchev–Trinajstić information content (AvgIpc) is 3.08. The summed E-state index contributed by atoms with van der Waals surface area (Å²) in [7, 11) is 3.26. The van der Waals surface area contributed by atoms with Gasteiger partial charge in [-0.05, 0) is 56.5 Å². The number of rotatable bonds is 5. The molecule has 1 aromatic carbocycles. The predicted molar refractivity (Wildman–Crippen MR) is 105 cm³/mol. The fourth-order valence-electron chi connectivity index (χ4n) is 4.75. The molecule has 6 nitrogen and oxygen atoms in total. The Kier molecular flexibility index (Phi) is 5.50. The van der Waals surface area contributed by atoms with Crippen LogP contribution >= 0.6 is 12.2 Å². The SMILES string of the molecule is COc1ccc(-c2nn(C[NH+]3CCC[C@@H]4CCCC[C@@H]43)c(=S)o2)c(OC)c1. The van der Waals surface area contributed by atoms with Crippen molar-refractivity contribution in [2.75, 3.05) is 20.8 Å². The number of hydrogen-bond acceptors (Lipinski definition) is 5. The molecule has 0 amide bonds. The van der Waals surface area contributed by atoms with Crippen molar-refractivity contribution in [3.8, 4) is 23.0 Å². The molecule has 1 N–H and O–H groups in total. The van der Waals surface area contributed by atoms with Crippen LogP contribution in [0.2, 0.25) is 0 Å². The number of likely N-dealkylation sites (tertiary alicyclic amines) is 1. The third-order valence-electron chi connectivity index (χ3n) is 6.10. The molecule has 2 aliphatic rings. The molecule has 1 saturated carbocycles. The maximum absolute atomic E-state index is 5.83. The van der Waals surface area contributed by atoms with E-state index in [1.54, 1.807) is 19.1 Å². The van der Waals surface area contributed by atoms with Crippen molar-refractivity contribution in [3.63, 3.8) is 0 Å². The Balaban J connectivity index is 1.58. The van der Waals surface area contributed by atoms with Gasteiger partial charge in [0.25, 0.3) is 10.7 Å². The van der Waals surface area contributed by atoms with Gasteiger partial charge in [0, 0.05) is 12.0 Å². The van der Waals surface area contributed by atoms with Gasteiger partial charge in [-0.3, -0.25) is 0 Å². The number of nitrogens with zero attached hydrogens (tertiary/aromatic N) is 2. The quantitative estimate of drug-likeness (QED) is 0.795. The Labute approximate surface area is 165 Å². The van der Waals surface area contributed by atoms with Crippen molar-refractivity contribution in [2.24, 2.45) is 5.92 Å². The van der Waals surface area contributed by atoms with E-state index in [-0.39, 0.29) is 0 Å². The van der Waals surface area contributed by atoms with Crippen molar-refractivity contribution in [1.82, 2.24) is 9.78 Å². The van der Waals surface area contributed by atoms with Gasteiger partial charge in [-0.25, -0.2) is 0 Å². The highest BCUT2D eigenvalue weighted by Gasteiger charge is 2.37. The number of nitrogens with one attached hydrogen (secondary N) is 1. The Morgan fingerprint density at radius 3 is 2.81 bits per heavy atom. The summed E-state index contributed by atoms with van der Waals surface area (Å²) in [5.74, 6) is 2.76. The zero-order chi connectivity index (χ0) is 18.8. The van der Waals surface area contributed by atoms with Crippen LogP contribution in [-0.4, -0.2) is 36.6 Å². The van der Waals surface area contributed by atoms with Crippen molar-refractivity contribution < 1.29 is 18.8 Å². The molecule has 1 aliphatic carbocycles. The monoisotopic (exact) mass is 390 g/mol. The molecule has 7 heteroatoms. The number of piperidine rings is 1. The Hall–Kier alpha value is -1.86. The highest BCUT2D eigenvalue weighted by molar-refractivity contribution is 7.71. The smallest absolute Gasteiger partial charge is 0.292 e. The largest absolute Gasteiger partial charge is 0.497 e. The molecule has 2 fully saturated rings. The van der Waals surface area contributed by atoms with Crippen LogP contribution in [0.5, 0.6) is 11.5 Å². The van der Waals surface area contributed by atoms with Crippen LogP contribution in [0.3, 0.4) is 0 Å². The maximum atomic E-state index is 5.83. The molecule has 1 saturated heterocycles. The summed E-state index contributed by atoms with van der Waals surface area (Å²) in [5, 5.41) is 4.68. The molecule has 27 heavy (non-hydrogen) atoms. The number of benzene rings is 1. The lowest BCUT2D eigenvalue weighted by atomic mass is 9.78. The summed E-state index contributed by atoms with van der Waals surface area (Å²) in [6.07, 6.45) is 8.12. The Bertz CT molecular complexity index is 845. The summed E-state index contributed by atoms with van der Waals surface area (Å²) < 4.78 is 18.4. The first kappa shape index (κ1) is 18.5. The van der Waals surface area contributed by atoms with Crippen LogP contribution in [0.1, 0.15) is 38.5 Å². The fourth-order valence-corrected chi connectivity index (χ4v) is 4.93. The third-order valence-corrected chi connectivity index (χ3v) is 6.40. The molecule has 0 radical (unpaired) electrons. The van der Waals surface area contributed by atoms with Crippen LogP contribution in [0, 0.1) is 10.8 Å². The lowest BCUT2D eigenvalue weighted by Gasteiger charge is -2.40. The van der Waals surface area contributed by atoms with E-state index in [9.17, 15) is 0 Å². The Morgan fingerprint density at radius 2 is 2.00 bits per heavy atom. The summed E-state index contributed by atoms with van der Waals surface area (Å²) in [4.78, 5) is 2.02. The summed E-state index contributed by atoms with van der Waals surface area (Å²) in [5.41, 5.74) is 0.785. The average molecular weight is 391 g/mol. The van der Waals surface area contributed by atoms with Gasteiger partial charge < -0.3 is 18.8 Å². The molecule has 146 valence electrons. The first-order chi connectivity index (χ1) is 13.2. The van der Waals surface area contributed by atoms with Gasteiger partial charge >= 0.3 is 0 Å². The molecule has 2 heterocycles. The molecule has 1 aromatic heterocycles. The van der Waals surface area contributed by atoms with E-state index in [1.165, 1.54) is 45.1 Å². The van der Waals surface area contributed by atoms with Crippen molar-refractivity contribution in [1.29, 1.82) is 0 Å². The van der Waals surface area contributed by atoms with E-state index in [0.717, 1.165) is 29.9 Å². The Morgan fingerprint density at radius 1 is 1.19 bits per heavy atom. The van der Waals surface area contributed by atoms with E-state index in [4.69, 9.17) is 26.1 Å². The number of ether oxygens (including phenoxy) is 2. The fraction of sp³-hybridized carbons (Fsp3) is 0.600. The number of quaternary nitrogens is 1. The second-order valence-corrected chi connectivity index (χ2v) is 7.95. The van der Waals surface area contributed by atoms with Crippen molar-refractivity contribution >= 4 is 12.2 Å². The van der Waals surface area contributed by atoms with E-state index in [0.29, 0.717) is 16.5 Å². The first-order valence-electron chi connectivity index (χ1n) is 9.84. The molecule has 1 unspecified atom stereocenters. The molecule has 3 atom stereocenters. The number of fused-ring (bicyclic) bond motifs is 1. The lowest BCUT2D eigenvalue weighted by molar-refractivity contribution is -0.958. The minimum atomic E-state index is 0.424. The van der Waals surface area contributed by atoms with E-state index < -0.39 is 0 Å². The van der Waals surface area contributed by atoms with Crippen LogP contribution in [0.15, 0.2) is 22.6 Å². The molecule has 0 spiro atoms. The number of methoxy groups -OCH3 is 2. The van der Waals surface area contributed by atoms with Gasteiger partial charge in [0.1, 0.15) is 11.5 Å².